The van der Waals surface area contributed by atoms with E-state index in [0.717, 1.165) is 41.2 Å². The number of rotatable bonds is 5. The summed E-state index contributed by atoms with van der Waals surface area (Å²) >= 11 is 1.49. The van der Waals surface area contributed by atoms with E-state index < -0.39 is 0 Å². The van der Waals surface area contributed by atoms with Crippen LogP contribution in [-0.4, -0.2) is 16.6 Å². The maximum absolute atomic E-state index is 12.1. The minimum atomic E-state index is -0.0189. The van der Waals surface area contributed by atoms with E-state index in [4.69, 9.17) is 0 Å². The van der Waals surface area contributed by atoms with Gasteiger partial charge in [-0.3, -0.25) is 4.79 Å². The fourth-order valence-corrected chi connectivity index (χ4v) is 3.91. The van der Waals surface area contributed by atoms with Crippen LogP contribution in [0.1, 0.15) is 41.6 Å². The highest BCUT2D eigenvalue weighted by atomic mass is 32.2. The van der Waals surface area contributed by atoms with Crippen LogP contribution in [0.4, 0.5) is 5.69 Å². The largest absolute Gasteiger partial charge is 0.326 e. The molecule has 1 aliphatic rings. The number of nitriles is 1. The lowest BCUT2D eigenvalue weighted by Gasteiger charge is -2.16. The molecule has 4 nitrogen and oxygen atoms in total. The van der Waals surface area contributed by atoms with E-state index in [9.17, 15) is 10.1 Å². The number of anilines is 1. The van der Waals surface area contributed by atoms with Crippen molar-refractivity contribution in [2.45, 2.75) is 44.1 Å². The first-order valence-electron chi connectivity index (χ1n) is 8.58. The average molecular weight is 351 g/mol. The van der Waals surface area contributed by atoms with Gasteiger partial charge >= 0.3 is 0 Å². The molecule has 1 heterocycles. The molecular weight excluding hydrogens is 330 g/mol. The second-order valence-electron chi connectivity index (χ2n) is 6.28. The number of hydrogen-bond donors (Lipinski definition) is 1. The Hall–Kier alpha value is -2.32. The summed E-state index contributed by atoms with van der Waals surface area (Å²) in [5, 5.41) is 13.0. The Morgan fingerprint density at radius 2 is 2.16 bits per heavy atom. The van der Waals surface area contributed by atoms with Crippen molar-refractivity contribution in [1.29, 1.82) is 5.26 Å². The van der Waals surface area contributed by atoms with Gasteiger partial charge < -0.3 is 5.32 Å². The molecule has 0 radical (unpaired) electrons. The molecule has 5 heteroatoms. The van der Waals surface area contributed by atoms with E-state index in [1.807, 2.05) is 37.3 Å². The van der Waals surface area contributed by atoms with Crippen LogP contribution in [0.15, 0.2) is 35.4 Å². The lowest BCUT2D eigenvalue weighted by atomic mass is 9.95. The van der Waals surface area contributed by atoms with E-state index in [2.05, 4.69) is 16.4 Å². The zero-order valence-electron chi connectivity index (χ0n) is 14.3. The highest BCUT2D eigenvalue weighted by Gasteiger charge is 2.15. The molecule has 1 N–H and O–H groups in total. The lowest BCUT2D eigenvalue weighted by molar-refractivity contribution is -0.115. The highest BCUT2D eigenvalue weighted by molar-refractivity contribution is 7.99. The van der Waals surface area contributed by atoms with E-state index in [1.165, 1.54) is 23.7 Å². The highest BCUT2D eigenvalue weighted by Crippen LogP contribution is 2.27. The number of fused-ring (bicyclic) bond motifs is 1. The molecule has 0 saturated heterocycles. The predicted octanol–water partition coefficient (Wildman–Crippen LogP) is 4.26. The first-order chi connectivity index (χ1) is 12.2. The van der Waals surface area contributed by atoms with Gasteiger partial charge in [0, 0.05) is 23.6 Å². The van der Waals surface area contributed by atoms with E-state index >= 15 is 0 Å². The second-order valence-corrected chi connectivity index (χ2v) is 7.37. The number of hydrogen-bond acceptors (Lipinski definition) is 4. The summed E-state index contributed by atoms with van der Waals surface area (Å²) in [6.45, 7) is 2.00. The zero-order valence-corrected chi connectivity index (χ0v) is 15.2. The number of pyridine rings is 1. The van der Waals surface area contributed by atoms with Crippen LogP contribution in [0, 0.1) is 18.3 Å². The van der Waals surface area contributed by atoms with Gasteiger partial charge in [0.1, 0.15) is 11.1 Å². The Balaban J connectivity index is 1.58. The zero-order chi connectivity index (χ0) is 17.6. The van der Waals surface area contributed by atoms with Gasteiger partial charge in [-0.05, 0) is 61.9 Å². The first-order valence-corrected chi connectivity index (χ1v) is 9.56. The molecule has 0 saturated carbocycles. The van der Waals surface area contributed by atoms with Gasteiger partial charge in [-0.1, -0.05) is 12.1 Å². The summed E-state index contributed by atoms with van der Waals surface area (Å²) in [5.74, 6) is 0.590. The summed E-state index contributed by atoms with van der Waals surface area (Å²) in [4.78, 5) is 16.8. The molecule has 128 valence electrons. The number of carbonyl (C=O) groups is 1. The molecule has 1 amide bonds. The number of nitrogens with zero attached hydrogens (tertiary/aromatic N) is 2. The van der Waals surface area contributed by atoms with Gasteiger partial charge in [0.25, 0.3) is 0 Å². The molecule has 0 atom stereocenters. The van der Waals surface area contributed by atoms with E-state index in [-0.39, 0.29) is 5.91 Å². The number of amides is 1. The van der Waals surface area contributed by atoms with Gasteiger partial charge in [-0.25, -0.2) is 4.98 Å². The minimum absolute atomic E-state index is 0.0189. The quantitative estimate of drug-likeness (QED) is 0.817. The summed E-state index contributed by atoms with van der Waals surface area (Å²) in [5.41, 5.74) is 4.90. The van der Waals surface area contributed by atoms with Crippen LogP contribution >= 0.6 is 11.8 Å². The Bertz CT molecular complexity index is 826. The van der Waals surface area contributed by atoms with E-state index in [0.29, 0.717) is 17.7 Å². The molecule has 0 unspecified atom stereocenters. The number of aromatic nitrogens is 1. The minimum Gasteiger partial charge on any atom is -0.326 e. The number of benzene rings is 1. The standard InChI is InChI=1S/C20H21N3OS/c1-14-5-4-7-17(11-14)22-19(24)9-10-25-20-16(13-21)12-15-6-2-3-8-18(15)23-20/h4-5,7,11-12H,2-3,6,8-10H2,1H3,(H,22,24). The van der Waals surface area contributed by atoms with Gasteiger partial charge in [0.15, 0.2) is 0 Å². The summed E-state index contributed by atoms with van der Waals surface area (Å²) in [7, 11) is 0. The molecule has 3 rings (SSSR count). The fourth-order valence-electron chi connectivity index (χ4n) is 2.99. The van der Waals surface area contributed by atoms with Crippen molar-refractivity contribution in [2.24, 2.45) is 0 Å². The van der Waals surface area contributed by atoms with Crippen LogP contribution < -0.4 is 5.32 Å². The number of aryl methyl sites for hydroxylation is 3. The van der Waals surface area contributed by atoms with Crippen molar-refractivity contribution in [3.63, 3.8) is 0 Å². The first kappa shape index (κ1) is 17.5. The predicted molar refractivity (Wildman–Crippen MR) is 101 cm³/mol. The topological polar surface area (TPSA) is 65.8 Å². The Morgan fingerprint density at radius 3 is 2.96 bits per heavy atom. The van der Waals surface area contributed by atoms with Crippen molar-refractivity contribution in [3.8, 4) is 6.07 Å². The van der Waals surface area contributed by atoms with Crippen LogP contribution in [-0.2, 0) is 17.6 Å². The average Bonchev–Trinajstić information content (AvgIpc) is 2.61. The molecule has 1 aromatic heterocycles. The third-order valence-electron chi connectivity index (χ3n) is 4.26. The maximum atomic E-state index is 12.1. The lowest BCUT2D eigenvalue weighted by Crippen LogP contribution is -2.12. The Labute approximate surface area is 152 Å². The molecule has 0 bridgehead atoms. The molecule has 0 aliphatic heterocycles. The summed E-state index contributed by atoms with van der Waals surface area (Å²) in [6, 6.07) is 12.0. The van der Waals surface area contributed by atoms with Crippen molar-refractivity contribution in [1.82, 2.24) is 4.98 Å². The summed E-state index contributed by atoms with van der Waals surface area (Å²) in [6.07, 6.45) is 4.73. The number of nitrogens with one attached hydrogen (secondary N) is 1. The summed E-state index contributed by atoms with van der Waals surface area (Å²) < 4.78 is 0. The SMILES string of the molecule is Cc1cccc(NC(=O)CCSc2nc3c(cc2C#N)CCCC3)c1. The van der Waals surface area contributed by atoms with Crippen molar-refractivity contribution < 1.29 is 4.79 Å². The van der Waals surface area contributed by atoms with Crippen molar-refractivity contribution in [3.05, 3.63) is 52.7 Å². The maximum Gasteiger partial charge on any atom is 0.225 e. The van der Waals surface area contributed by atoms with Crippen molar-refractivity contribution in [2.75, 3.05) is 11.1 Å². The normalized spacial score (nSPS) is 13.0. The molecular formula is C20H21N3OS. The smallest absolute Gasteiger partial charge is 0.225 e. The van der Waals surface area contributed by atoms with Crippen LogP contribution in [0.5, 0.6) is 0 Å². The molecule has 0 fully saturated rings. The van der Waals surface area contributed by atoms with Crippen molar-refractivity contribution >= 4 is 23.4 Å². The molecule has 1 aromatic carbocycles. The second kappa shape index (κ2) is 8.17. The van der Waals surface area contributed by atoms with Gasteiger partial charge in [-0.15, -0.1) is 11.8 Å². The monoisotopic (exact) mass is 351 g/mol. The molecule has 2 aromatic rings. The number of carbonyl (C=O) groups excluding carboxylic acids is 1. The van der Waals surface area contributed by atoms with Gasteiger partial charge in [0.05, 0.1) is 5.56 Å². The number of thioether (sulfide) groups is 1. The molecule has 0 spiro atoms. The Kier molecular flexibility index (Phi) is 5.72. The van der Waals surface area contributed by atoms with Gasteiger partial charge in [-0.2, -0.15) is 5.26 Å². The third-order valence-corrected chi connectivity index (χ3v) is 5.25. The van der Waals surface area contributed by atoms with E-state index in [1.54, 1.807) is 0 Å². The van der Waals surface area contributed by atoms with Gasteiger partial charge in [0.2, 0.25) is 5.91 Å². The molecule has 1 aliphatic carbocycles. The third kappa shape index (κ3) is 4.61. The Morgan fingerprint density at radius 1 is 1.32 bits per heavy atom. The van der Waals surface area contributed by atoms with Crippen LogP contribution in [0.25, 0.3) is 0 Å². The fraction of sp³-hybridized carbons (Fsp3) is 0.350. The van der Waals surface area contributed by atoms with Crippen LogP contribution in [0.3, 0.4) is 0 Å². The van der Waals surface area contributed by atoms with Crippen LogP contribution in [0.2, 0.25) is 0 Å². The molecule has 25 heavy (non-hydrogen) atoms.